The van der Waals surface area contributed by atoms with Crippen LogP contribution in [0.3, 0.4) is 0 Å². The van der Waals surface area contributed by atoms with Crippen LogP contribution in [-0.2, 0) is 40.4 Å². The minimum atomic E-state index is -5.21. The number of sulfonamides is 1. The van der Waals surface area contributed by atoms with Crippen molar-refractivity contribution in [2.45, 2.75) is 87.8 Å². The van der Waals surface area contributed by atoms with Crippen molar-refractivity contribution in [1.82, 2.24) is 24.2 Å². The average Bonchev–Trinajstić information content (AvgIpc) is 3.57. The number of hydrogen-bond donors (Lipinski definition) is 1. The zero-order chi connectivity index (χ0) is 46.6. The zero-order valence-electron chi connectivity index (χ0n) is 37.5. The zero-order valence-corrected chi connectivity index (χ0v) is 42.0. The van der Waals surface area contributed by atoms with Crippen molar-refractivity contribution in [3.05, 3.63) is 90.1 Å². The minimum Gasteiger partial charge on any atom is -0.744 e. The number of carbonyl (C=O) groups is 2. The lowest BCUT2D eigenvalue weighted by Gasteiger charge is -2.34. The molecule has 2 aliphatic heterocycles. The third-order valence-electron chi connectivity index (χ3n) is 11.1. The molecule has 0 bridgehead atoms. The van der Waals surface area contributed by atoms with E-state index in [1.54, 1.807) is 0 Å². The molecule has 3 aliphatic rings. The first-order chi connectivity index (χ1) is 30.2. The highest BCUT2D eigenvalue weighted by atomic mass is 32.2. The van der Waals surface area contributed by atoms with E-state index in [2.05, 4.69) is 50.4 Å². The Morgan fingerprint density at radius 3 is 2.14 bits per heavy atom. The quantitative estimate of drug-likeness (QED) is 0.0171. The molecule has 2 aromatic carbocycles. The van der Waals surface area contributed by atoms with E-state index in [0.29, 0.717) is 56.9 Å². The molecule has 15 nitrogen and oxygen atoms in total. The number of nitrogens with one attached hydrogen (secondary N) is 1. The molecular formula is C44H56N6O9S3Si2. The number of imide groups is 1. The van der Waals surface area contributed by atoms with E-state index in [9.17, 15) is 31.0 Å². The maximum absolute atomic E-state index is 13.7. The van der Waals surface area contributed by atoms with E-state index in [1.807, 2.05) is 64.1 Å². The summed E-state index contributed by atoms with van der Waals surface area (Å²) in [7, 11) is -13.9. The molecule has 3 aromatic rings. The summed E-state index contributed by atoms with van der Waals surface area (Å²) in [6.07, 6.45) is 6.29. The molecule has 0 radical (unpaired) electrons. The summed E-state index contributed by atoms with van der Waals surface area (Å²) in [5, 5.41) is 2.63. The second-order valence-electron chi connectivity index (χ2n) is 16.7. The van der Waals surface area contributed by atoms with Gasteiger partial charge >= 0.3 is 0 Å². The van der Waals surface area contributed by atoms with Gasteiger partial charge in [-0.2, -0.15) is 0 Å². The van der Waals surface area contributed by atoms with Gasteiger partial charge in [0.25, 0.3) is 11.8 Å². The van der Waals surface area contributed by atoms with Crippen LogP contribution in [0.4, 0.5) is 5.69 Å². The van der Waals surface area contributed by atoms with Gasteiger partial charge in [-0.3, -0.25) is 14.5 Å². The van der Waals surface area contributed by atoms with Gasteiger partial charge < -0.3 is 18.0 Å². The number of rotatable bonds is 20. The molecule has 1 aromatic heterocycles. The molecule has 342 valence electrons. The number of anilines is 1. The minimum absolute atomic E-state index is 0.0561. The molecule has 0 spiro atoms. The molecule has 0 fully saturated rings. The van der Waals surface area contributed by atoms with E-state index in [4.69, 9.17) is 8.53 Å². The van der Waals surface area contributed by atoms with Crippen LogP contribution in [0.25, 0.3) is 33.4 Å². The predicted octanol–water partition coefficient (Wildman–Crippen LogP) is 6.41. The fourth-order valence-corrected chi connectivity index (χ4v) is 20.1. The summed E-state index contributed by atoms with van der Waals surface area (Å²) >= 11 is 1.45. The van der Waals surface area contributed by atoms with E-state index in [1.165, 1.54) is 53.3 Å². The van der Waals surface area contributed by atoms with Crippen molar-refractivity contribution in [2.75, 3.05) is 43.0 Å². The highest BCUT2D eigenvalue weighted by Crippen LogP contribution is 2.43. The number of carbonyl (C=O) groups excluding carboxylic acids is 2. The van der Waals surface area contributed by atoms with Gasteiger partial charge in [-0.05, 0) is 96.7 Å². The number of fused-ring (bicyclic) bond motifs is 2. The van der Waals surface area contributed by atoms with Crippen LogP contribution in [0.15, 0.2) is 98.5 Å². The fraction of sp³-hybridized carbons (Fsp3) is 0.386. The van der Waals surface area contributed by atoms with Gasteiger partial charge in [-0.15, -0.1) is 0 Å². The number of hydrogen-bond acceptors (Lipinski definition) is 13. The van der Waals surface area contributed by atoms with E-state index >= 15 is 0 Å². The first-order valence-electron chi connectivity index (χ1n) is 21.3. The van der Waals surface area contributed by atoms with E-state index < -0.39 is 46.6 Å². The van der Waals surface area contributed by atoms with Gasteiger partial charge in [0.05, 0.1) is 15.9 Å². The third kappa shape index (κ3) is 11.5. The molecule has 3 heterocycles. The highest BCUT2D eigenvalue weighted by molar-refractivity contribution is 8.00. The second kappa shape index (κ2) is 19.9. The Morgan fingerprint density at radius 1 is 0.859 bits per heavy atom. The maximum atomic E-state index is 13.7. The normalized spacial score (nSPS) is 13.7. The van der Waals surface area contributed by atoms with Crippen LogP contribution in [-0.4, -0.2) is 103 Å². The van der Waals surface area contributed by atoms with Crippen molar-refractivity contribution < 1.29 is 39.5 Å². The maximum Gasteiger partial charge on any atom is 0.253 e. The van der Waals surface area contributed by atoms with Crippen LogP contribution in [0.2, 0.25) is 32.2 Å². The van der Waals surface area contributed by atoms with Gasteiger partial charge in [-0.1, -0.05) is 17.8 Å². The molecule has 0 unspecified atom stereocenters. The summed E-state index contributed by atoms with van der Waals surface area (Å²) in [5.74, 6) is -0.0867. The molecule has 64 heavy (non-hydrogen) atoms. The van der Waals surface area contributed by atoms with Crippen LogP contribution < -0.4 is 19.6 Å². The van der Waals surface area contributed by atoms with E-state index in [-0.39, 0.29) is 23.9 Å². The number of aromatic nitrogens is 2. The summed E-state index contributed by atoms with van der Waals surface area (Å²) in [5.41, 5.74) is 2.90. The van der Waals surface area contributed by atoms with Gasteiger partial charge in [0.1, 0.15) is 34.6 Å². The SMILES string of the molecule is CCN(CC)c1ccc2c(-c3ccc(S(=O)(=O)NCc4cnc(SC[Si](C)(C)O[Si](C)(C)CCCN5C(=O)C=CC5=O)nc4)cc3S(=O)(=O)[O-])c3ccc(=[N+](CC)CC)cc-3oc2c1. The summed E-state index contributed by atoms with van der Waals surface area (Å²) in [4.78, 5) is 35.0. The number of benzene rings is 3. The van der Waals surface area contributed by atoms with Gasteiger partial charge in [0.15, 0.2) is 21.8 Å². The number of amides is 2. The van der Waals surface area contributed by atoms with Crippen molar-refractivity contribution in [3.8, 4) is 22.5 Å². The Morgan fingerprint density at radius 2 is 1.52 bits per heavy atom. The van der Waals surface area contributed by atoms with Crippen molar-refractivity contribution in [2.24, 2.45) is 0 Å². The molecule has 1 N–H and O–H groups in total. The summed E-state index contributed by atoms with van der Waals surface area (Å²) < 4.78 is 84.5. The molecule has 2 amide bonds. The van der Waals surface area contributed by atoms with Gasteiger partial charge in [0.2, 0.25) is 15.4 Å². The van der Waals surface area contributed by atoms with Crippen LogP contribution in [0.5, 0.6) is 0 Å². The lowest BCUT2D eigenvalue weighted by Crippen LogP contribution is -2.46. The Hall–Kier alpha value is -4.55. The third-order valence-corrected chi connectivity index (χ3v) is 23.1. The summed E-state index contributed by atoms with van der Waals surface area (Å²) in [6.45, 7) is 19.9. The molecular weight excluding hydrogens is 909 g/mol. The lowest BCUT2D eigenvalue weighted by atomic mass is 9.93. The smallest absolute Gasteiger partial charge is 0.253 e. The molecule has 0 saturated carbocycles. The Kier molecular flexibility index (Phi) is 15.2. The molecule has 20 heteroatoms. The van der Waals surface area contributed by atoms with Crippen LogP contribution in [0, 0.1) is 0 Å². The van der Waals surface area contributed by atoms with Gasteiger partial charge in [0, 0.05) is 102 Å². The highest BCUT2D eigenvalue weighted by Gasteiger charge is 2.34. The fourth-order valence-electron chi connectivity index (χ4n) is 7.96. The number of nitrogens with zero attached hydrogens (tertiary/aromatic N) is 5. The second-order valence-corrected chi connectivity index (χ2v) is 29.9. The standard InChI is InChI=1S/C44H56N6O9S3Si2/c1-9-48(10-2)32-14-17-35-38(24-32)58-39-25-33(49(11-3)12-4)15-18-36(39)43(35)37-19-16-34(26-40(37)62(55,56)57)61(53,54)47-29-31-27-45-44(46-28-31)60-30-64(7,8)59-63(5,6)23-13-22-50-41(51)20-21-42(50)52/h14-21,24-28,47H,9-13,22-23,29-30H2,1-8H3. The summed E-state index contributed by atoms with van der Waals surface area (Å²) in [6, 6.07) is 15.7. The van der Waals surface area contributed by atoms with Crippen molar-refractivity contribution >= 4 is 77.0 Å². The average molecular weight is 965 g/mol. The van der Waals surface area contributed by atoms with Crippen molar-refractivity contribution in [3.63, 3.8) is 0 Å². The van der Waals surface area contributed by atoms with E-state index in [0.717, 1.165) is 49.3 Å². The Bertz CT molecular complexity index is 2820. The molecule has 6 rings (SSSR count). The van der Waals surface area contributed by atoms with Gasteiger partial charge in [-0.25, -0.2) is 36.1 Å². The Balaban J connectivity index is 1.20. The predicted molar refractivity (Wildman–Crippen MR) is 254 cm³/mol. The molecule has 0 atom stereocenters. The molecule has 0 saturated heterocycles. The Labute approximate surface area is 382 Å². The van der Waals surface area contributed by atoms with Crippen LogP contribution in [0.1, 0.15) is 39.7 Å². The largest absolute Gasteiger partial charge is 0.744 e. The lowest BCUT2D eigenvalue weighted by molar-refractivity contribution is -0.136. The van der Waals surface area contributed by atoms with Crippen LogP contribution >= 0.6 is 11.8 Å². The molecule has 1 aliphatic carbocycles. The number of thioether (sulfide) groups is 1. The van der Waals surface area contributed by atoms with Crippen molar-refractivity contribution in [1.29, 1.82) is 0 Å². The first kappa shape index (κ1) is 48.9. The topological polar surface area (TPSA) is 195 Å². The first-order valence-corrected chi connectivity index (χ1v) is 31.4. The monoisotopic (exact) mass is 964 g/mol.